The summed E-state index contributed by atoms with van der Waals surface area (Å²) in [6.07, 6.45) is 0.941. The van der Waals surface area contributed by atoms with E-state index in [-0.39, 0.29) is 12.1 Å². The first-order chi connectivity index (χ1) is 7.76. The van der Waals surface area contributed by atoms with Crippen molar-refractivity contribution in [3.8, 4) is 0 Å². The summed E-state index contributed by atoms with van der Waals surface area (Å²) in [7, 11) is 0. The lowest BCUT2D eigenvalue weighted by atomic mass is 10.2. The van der Waals surface area contributed by atoms with Gasteiger partial charge < -0.3 is 15.0 Å². The molecule has 1 heterocycles. The molecule has 100 valence electrons. The third kappa shape index (κ3) is 5.91. The van der Waals surface area contributed by atoms with Gasteiger partial charge in [-0.3, -0.25) is 0 Å². The van der Waals surface area contributed by atoms with Crippen LogP contribution in [0.3, 0.4) is 0 Å². The molecule has 0 spiro atoms. The minimum atomic E-state index is -0.425. The second-order valence-corrected chi connectivity index (χ2v) is 6.20. The van der Waals surface area contributed by atoms with Gasteiger partial charge >= 0.3 is 6.09 Å². The molecule has 1 saturated heterocycles. The van der Waals surface area contributed by atoms with Crippen molar-refractivity contribution >= 4 is 6.09 Å². The van der Waals surface area contributed by atoms with Crippen molar-refractivity contribution in [2.75, 3.05) is 19.6 Å². The highest BCUT2D eigenvalue weighted by molar-refractivity contribution is 5.68. The van der Waals surface area contributed by atoms with E-state index in [4.69, 9.17) is 4.74 Å². The largest absolute Gasteiger partial charge is 0.444 e. The van der Waals surface area contributed by atoms with E-state index in [1.807, 2.05) is 27.7 Å². The molecule has 0 aromatic carbocycles. The van der Waals surface area contributed by atoms with E-state index < -0.39 is 5.60 Å². The average Bonchev–Trinajstić information content (AvgIpc) is 2.46. The first-order valence-corrected chi connectivity index (χ1v) is 6.48. The number of carbonyl (C=O) groups is 1. The van der Waals surface area contributed by atoms with E-state index in [1.165, 1.54) is 6.42 Å². The molecular formula is C13H26N2O2. The van der Waals surface area contributed by atoms with E-state index in [0.29, 0.717) is 0 Å². The van der Waals surface area contributed by atoms with Gasteiger partial charge in [0.2, 0.25) is 0 Å². The first-order valence-electron chi connectivity index (χ1n) is 6.48. The SMILES string of the molecule is CC1CCN(CC(C)NC(=O)OC(C)(C)C)C1. The molecule has 1 aliphatic rings. The van der Waals surface area contributed by atoms with Crippen LogP contribution in [0.25, 0.3) is 0 Å². The summed E-state index contributed by atoms with van der Waals surface area (Å²) in [6.45, 7) is 13.1. The summed E-state index contributed by atoms with van der Waals surface area (Å²) >= 11 is 0. The zero-order valence-electron chi connectivity index (χ0n) is 11.7. The maximum Gasteiger partial charge on any atom is 0.407 e. The average molecular weight is 242 g/mol. The van der Waals surface area contributed by atoms with Crippen molar-refractivity contribution in [2.45, 2.75) is 52.7 Å². The third-order valence-electron chi connectivity index (χ3n) is 2.80. The van der Waals surface area contributed by atoms with Gasteiger partial charge in [-0.2, -0.15) is 0 Å². The van der Waals surface area contributed by atoms with E-state index in [2.05, 4.69) is 17.1 Å². The second-order valence-electron chi connectivity index (χ2n) is 6.20. The van der Waals surface area contributed by atoms with Gasteiger partial charge in [0.1, 0.15) is 5.60 Å². The molecule has 0 aliphatic carbocycles. The predicted molar refractivity (Wildman–Crippen MR) is 69.1 cm³/mol. The predicted octanol–water partition coefficient (Wildman–Crippen LogP) is 2.24. The second kappa shape index (κ2) is 5.71. The van der Waals surface area contributed by atoms with Crippen LogP contribution in [0.4, 0.5) is 4.79 Å². The van der Waals surface area contributed by atoms with Crippen molar-refractivity contribution < 1.29 is 9.53 Å². The molecule has 1 rings (SSSR count). The van der Waals surface area contributed by atoms with E-state index in [1.54, 1.807) is 0 Å². The summed E-state index contributed by atoms with van der Waals surface area (Å²) in [4.78, 5) is 14.0. The number of carbonyl (C=O) groups excluding carboxylic acids is 1. The van der Waals surface area contributed by atoms with Gasteiger partial charge in [-0.05, 0) is 46.6 Å². The lowest BCUT2D eigenvalue weighted by molar-refractivity contribution is 0.0499. The molecule has 1 amide bonds. The van der Waals surface area contributed by atoms with Crippen molar-refractivity contribution in [1.82, 2.24) is 10.2 Å². The van der Waals surface area contributed by atoms with Crippen LogP contribution in [-0.4, -0.2) is 42.3 Å². The molecule has 1 aliphatic heterocycles. The molecule has 0 aromatic heterocycles. The summed E-state index contributed by atoms with van der Waals surface area (Å²) in [5.74, 6) is 0.781. The van der Waals surface area contributed by atoms with E-state index >= 15 is 0 Å². The van der Waals surface area contributed by atoms with Crippen molar-refractivity contribution in [1.29, 1.82) is 0 Å². The van der Waals surface area contributed by atoms with Crippen LogP contribution >= 0.6 is 0 Å². The molecule has 4 heteroatoms. The monoisotopic (exact) mass is 242 g/mol. The van der Waals surface area contributed by atoms with Crippen LogP contribution < -0.4 is 5.32 Å². The normalized spacial score (nSPS) is 23.5. The summed E-state index contributed by atoms with van der Waals surface area (Å²) in [5, 5.41) is 2.88. The molecule has 0 bridgehead atoms. The third-order valence-corrected chi connectivity index (χ3v) is 2.80. The van der Waals surface area contributed by atoms with Crippen LogP contribution in [-0.2, 0) is 4.74 Å². The fourth-order valence-electron chi connectivity index (χ4n) is 2.13. The Balaban J connectivity index is 2.25. The number of ether oxygens (including phenoxy) is 1. The van der Waals surface area contributed by atoms with Crippen LogP contribution in [0, 0.1) is 5.92 Å². The number of likely N-dealkylation sites (tertiary alicyclic amines) is 1. The smallest absolute Gasteiger partial charge is 0.407 e. The van der Waals surface area contributed by atoms with Gasteiger partial charge in [-0.25, -0.2) is 4.79 Å². The Labute approximate surface area is 105 Å². The Hall–Kier alpha value is -0.770. The lowest BCUT2D eigenvalue weighted by Gasteiger charge is -2.24. The standard InChI is InChI=1S/C13H26N2O2/c1-10-6-7-15(8-10)9-11(2)14-12(16)17-13(3,4)5/h10-11H,6-9H2,1-5H3,(H,14,16). The van der Waals surface area contributed by atoms with Gasteiger partial charge in [0.15, 0.2) is 0 Å². The Bertz CT molecular complexity index is 261. The highest BCUT2D eigenvalue weighted by Crippen LogP contribution is 2.15. The topological polar surface area (TPSA) is 41.6 Å². The molecular weight excluding hydrogens is 216 g/mol. The number of amides is 1. The lowest BCUT2D eigenvalue weighted by Crippen LogP contribution is -2.43. The molecule has 1 fully saturated rings. The number of nitrogens with zero attached hydrogens (tertiary/aromatic N) is 1. The summed E-state index contributed by atoms with van der Waals surface area (Å²) < 4.78 is 5.23. The zero-order valence-corrected chi connectivity index (χ0v) is 11.7. The fourth-order valence-corrected chi connectivity index (χ4v) is 2.13. The Kier molecular flexibility index (Phi) is 4.80. The quantitative estimate of drug-likeness (QED) is 0.825. The minimum absolute atomic E-state index is 0.134. The highest BCUT2D eigenvalue weighted by Gasteiger charge is 2.22. The molecule has 0 radical (unpaired) electrons. The molecule has 4 nitrogen and oxygen atoms in total. The highest BCUT2D eigenvalue weighted by atomic mass is 16.6. The number of hydrogen-bond donors (Lipinski definition) is 1. The van der Waals surface area contributed by atoms with Crippen LogP contribution in [0.2, 0.25) is 0 Å². The van der Waals surface area contributed by atoms with Gasteiger partial charge in [-0.1, -0.05) is 6.92 Å². The Morgan fingerprint density at radius 1 is 1.53 bits per heavy atom. The van der Waals surface area contributed by atoms with Gasteiger partial charge in [0, 0.05) is 19.1 Å². The molecule has 0 saturated carbocycles. The van der Waals surface area contributed by atoms with Crippen molar-refractivity contribution in [3.05, 3.63) is 0 Å². The summed E-state index contributed by atoms with van der Waals surface area (Å²) in [5.41, 5.74) is -0.425. The maximum atomic E-state index is 11.6. The number of alkyl carbamates (subject to hydrolysis) is 1. The Morgan fingerprint density at radius 3 is 2.65 bits per heavy atom. The first kappa shape index (κ1) is 14.3. The van der Waals surface area contributed by atoms with Crippen LogP contribution in [0.5, 0.6) is 0 Å². The molecule has 2 atom stereocenters. The van der Waals surface area contributed by atoms with Gasteiger partial charge in [0.05, 0.1) is 0 Å². The van der Waals surface area contributed by atoms with Crippen LogP contribution in [0.1, 0.15) is 41.0 Å². The number of rotatable bonds is 3. The zero-order chi connectivity index (χ0) is 13.1. The fraction of sp³-hybridized carbons (Fsp3) is 0.923. The van der Waals surface area contributed by atoms with Crippen molar-refractivity contribution in [2.24, 2.45) is 5.92 Å². The van der Waals surface area contributed by atoms with E-state index in [9.17, 15) is 4.79 Å². The molecule has 1 N–H and O–H groups in total. The van der Waals surface area contributed by atoms with Gasteiger partial charge in [0.25, 0.3) is 0 Å². The molecule has 0 aromatic rings. The molecule has 2 unspecified atom stereocenters. The van der Waals surface area contributed by atoms with Crippen molar-refractivity contribution in [3.63, 3.8) is 0 Å². The summed E-state index contributed by atoms with van der Waals surface area (Å²) in [6, 6.07) is 0.134. The Morgan fingerprint density at radius 2 is 2.18 bits per heavy atom. The maximum absolute atomic E-state index is 11.6. The van der Waals surface area contributed by atoms with E-state index in [0.717, 1.165) is 25.6 Å². The van der Waals surface area contributed by atoms with Crippen LogP contribution in [0.15, 0.2) is 0 Å². The molecule has 17 heavy (non-hydrogen) atoms. The van der Waals surface area contributed by atoms with Gasteiger partial charge in [-0.15, -0.1) is 0 Å². The number of hydrogen-bond acceptors (Lipinski definition) is 3. The number of nitrogens with one attached hydrogen (secondary N) is 1. The minimum Gasteiger partial charge on any atom is -0.444 e.